The van der Waals surface area contributed by atoms with Crippen molar-refractivity contribution in [2.45, 2.75) is 32.7 Å². The van der Waals surface area contributed by atoms with Crippen LogP contribution in [0.5, 0.6) is 5.75 Å². The molecule has 25 heavy (non-hydrogen) atoms. The summed E-state index contributed by atoms with van der Waals surface area (Å²) in [6, 6.07) is 2.88. The van der Waals surface area contributed by atoms with Gasteiger partial charge in [-0.1, -0.05) is 0 Å². The molecule has 1 aromatic heterocycles. The molecule has 1 aliphatic heterocycles. The molecule has 1 atom stereocenters. The Morgan fingerprint density at radius 3 is 2.80 bits per heavy atom. The number of nitrogens with zero attached hydrogens (tertiary/aromatic N) is 3. The van der Waals surface area contributed by atoms with Gasteiger partial charge < -0.3 is 9.64 Å². The van der Waals surface area contributed by atoms with Gasteiger partial charge in [0, 0.05) is 30.9 Å². The zero-order valence-corrected chi connectivity index (χ0v) is 14.6. The minimum atomic E-state index is -0.689. The molecule has 3 rings (SSSR count). The first-order valence-corrected chi connectivity index (χ1v) is 8.26. The van der Waals surface area contributed by atoms with E-state index in [9.17, 15) is 13.6 Å². The molecule has 7 heteroatoms. The van der Waals surface area contributed by atoms with Crippen molar-refractivity contribution in [1.82, 2.24) is 14.7 Å². The lowest BCUT2D eigenvalue weighted by Crippen LogP contribution is -2.35. The van der Waals surface area contributed by atoms with Gasteiger partial charge in [-0.3, -0.25) is 9.48 Å². The molecule has 0 aliphatic carbocycles. The summed E-state index contributed by atoms with van der Waals surface area (Å²) in [5.41, 5.74) is 2.99. The molecule has 1 amide bonds. The van der Waals surface area contributed by atoms with Crippen LogP contribution in [0, 0.1) is 25.5 Å². The summed E-state index contributed by atoms with van der Waals surface area (Å²) in [4.78, 5) is 14.3. The SMILES string of the molecule is Cc1nn(C)c(C)c1C1CCCN1C(=O)COc1cc(F)ccc1F. The number of rotatable bonds is 4. The zero-order chi connectivity index (χ0) is 18.1. The Morgan fingerprint density at radius 2 is 2.12 bits per heavy atom. The van der Waals surface area contributed by atoms with Gasteiger partial charge in [-0.2, -0.15) is 5.10 Å². The number of carbonyl (C=O) groups is 1. The Morgan fingerprint density at radius 1 is 1.36 bits per heavy atom. The fourth-order valence-electron chi connectivity index (χ4n) is 3.45. The molecule has 0 saturated carbocycles. The van der Waals surface area contributed by atoms with Crippen LogP contribution in [-0.2, 0) is 11.8 Å². The second-order valence-electron chi connectivity index (χ2n) is 6.32. The molecule has 2 heterocycles. The smallest absolute Gasteiger partial charge is 0.261 e. The molecule has 1 aromatic carbocycles. The fraction of sp³-hybridized carbons (Fsp3) is 0.444. The second-order valence-corrected chi connectivity index (χ2v) is 6.32. The highest BCUT2D eigenvalue weighted by molar-refractivity contribution is 5.78. The molecule has 5 nitrogen and oxygen atoms in total. The number of likely N-dealkylation sites (tertiary alicyclic amines) is 1. The lowest BCUT2D eigenvalue weighted by atomic mass is 10.0. The van der Waals surface area contributed by atoms with Crippen molar-refractivity contribution < 1.29 is 18.3 Å². The van der Waals surface area contributed by atoms with E-state index in [1.54, 1.807) is 4.90 Å². The molecular formula is C18H21F2N3O2. The van der Waals surface area contributed by atoms with E-state index in [0.717, 1.165) is 48.0 Å². The predicted molar refractivity (Wildman–Crippen MR) is 88.2 cm³/mol. The van der Waals surface area contributed by atoms with Gasteiger partial charge in [-0.15, -0.1) is 0 Å². The Bertz CT molecular complexity index is 804. The number of hydrogen-bond acceptors (Lipinski definition) is 3. The number of benzene rings is 1. The molecule has 0 bridgehead atoms. The van der Waals surface area contributed by atoms with E-state index >= 15 is 0 Å². The average Bonchev–Trinajstić information content (AvgIpc) is 3.13. The van der Waals surface area contributed by atoms with Gasteiger partial charge in [0.2, 0.25) is 0 Å². The third-order valence-corrected chi connectivity index (χ3v) is 4.72. The van der Waals surface area contributed by atoms with Gasteiger partial charge >= 0.3 is 0 Å². The van der Waals surface area contributed by atoms with Crippen molar-refractivity contribution in [3.05, 3.63) is 46.8 Å². The Balaban J connectivity index is 1.74. The number of carbonyl (C=O) groups excluding carboxylic acids is 1. The highest BCUT2D eigenvalue weighted by Crippen LogP contribution is 2.35. The summed E-state index contributed by atoms with van der Waals surface area (Å²) in [5.74, 6) is -1.79. The highest BCUT2D eigenvalue weighted by atomic mass is 19.1. The van der Waals surface area contributed by atoms with Crippen LogP contribution in [0.1, 0.15) is 35.8 Å². The van der Waals surface area contributed by atoms with Crippen LogP contribution in [0.4, 0.5) is 8.78 Å². The predicted octanol–water partition coefficient (Wildman–Crippen LogP) is 3.06. The van der Waals surface area contributed by atoms with E-state index in [1.165, 1.54) is 0 Å². The highest BCUT2D eigenvalue weighted by Gasteiger charge is 2.33. The Labute approximate surface area is 145 Å². The Hall–Kier alpha value is -2.44. The van der Waals surface area contributed by atoms with Crippen molar-refractivity contribution in [1.29, 1.82) is 0 Å². The van der Waals surface area contributed by atoms with Crippen LogP contribution >= 0.6 is 0 Å². The van der Waals surface area contributed by atoms with Crippen molar-refractivity contribution in [3.8, 4) is 5.75 Å². The molecule has 1 fully saturated rings. The van der Waals surface area contributed by atoms with E-state index in [4.69, 9.17) is 4.74 Å². The van der Waals surface area contributed by atoms with Gasteiger partial charge in [-0.05, 0) is 38.8 Å². The quantitative estimate of drug-likeness (QED) is 0.852. The van der Waals surface area contributed by atoms with Crippen molar-refractivity contribution >= 4 is 5.91 Å². The van der Waals surface area contributed by atoms with Gasteiger partial charge in [0.25, 0.3) is 5.91 Å². The first kappa shape index (κ1) is 17.4. The Kier molecular flexibility index (Phi) is 4.74. The lowest BCUT2D eigenvalue weighted by molar-refractivity contribution is -0.134. The number of amides is 1. The molecule has 0 radical (unpaired) electrons. The normalized spacial score (nSPS) is 17.2. The van der Waals surface area contributed by atoms with Crippen molar-refractivity contribution in [3.63, 3.8) is 0 Å². The minimum Gasteiger partial charge on any atom is -0.481 e. The number of hydrogen-bond donors (Lipinski definition) is 0. The summed E-state index contributed by atoms with van der Waals surface area (Å²) >= 11 is 0. The van der Waals surface area contributed by atoms with Crippen LogP contribution in [0.2, 0.25) is 0 Å². The van der Waals surface area contributed by atoms with Crippen LogP contribution in [-0.4, -0.2) is 33.7 Å². The summed E-state index contributed by atoms with van der Waals surface area (Å²) < 4.78 is 33.8. The van der Waals surface area contributed by atoms with Crippen LogP contribution in [0.3, 0.4) is 0 Å². The molecule has 1 unspecified atom stereocenters. The van der Waals surface area contributed by atoms with E-state index in [2.05, 4.69) is 5.10 Å². The molecule has 0 spiro atoms. The topological polar surface area (TPSA) is 47.4 Å². The van der Waals surface area contributed by atoms with Crippen LogP contribution in [0.15, 0.2) is 18.2 Å². The number of halogens is 2. The number of aromatic nitrogens is 2. The van der Waals surface area contributed by atoms with Crippen LogP contribution < -0.4 is 4.74 Å². The molecule has 2 aromatic rings. The summed E-state index contributed by atoms with van der Waals surface area (Å²) in [6.45, 7) is 4.21. The first-order chi connectivity index (χ1) is 11.9. The van der Waals surface area contributed by atoms with Gasteiger partial charge in [0.15, 0.2) is 18.2 Å². The van der Waals surface area contributed by atoms with Crippen molar-refractivity contribution in [2.24, 2.45) is 7.05 Å². The fourth-order valence-corrected chi connectivity index (χ4v) is 3.45. The third kappa shape index (κ3) is 3.36. The average molecular weight is 349 g/mol. The third-order valence-electron chi connectivity index (χ3n) is 4.72. The molecule has 134 valence electrons. The van der Waals surface area contributed by atoms with E-state index in [0.29, 0.717) is 6.54 Å². The summed E-state index contributed by atoms with van der Waals surface area (Å²) in [6.07, 6.45) is 1.74. The maximum absolute atomic E-state index is 13.6. The molecule has 1 saturated heterocycles. The van der Waals surface area contributed by atoms with Crippen LogP contribution in [0.25, 0.3) is 0 Å². The van der Waals surface area contributed by atoms with Gasteiger partial charge in [-0.25, -0.2) is 8.78 Å². The zero-order valence-electron chi connectivity index (χ0n) is 14.6. The van der Waals surface area contributed by atoms with E-state index < -0.39 is 11.6 Å². The molecule has 1 aliphatic rings. The summed E-state index contributed by atoms with van der Waals surface area (Å²) in [7, 11) is 1.88. The largest absolute Gasteiger partial charge is 0.481 e. The van der Waals surface area contributed by atoms with Gasteiger partial charge in [0.05, 0.1) is 11.7 Å². The van der Waals surface area contributed by atoms with E-state index in [1.807, 2.05) is 25.6 Å². The van der Waals surface area contributed by atoms with Crippen molar-refractivity contribution in [2.75, 3.05) is 13.2 Å². The second kappa shape index (κ2) is 6.82. The molecular weight excluding hydrogens is 328 g/mol. The standard InChI is InChI=1S/C18H21F2N3O2/c1-11-18(12(2)22(3)21-11)15-5-4-8-23(15)17(24)10-25-16-9-13(19)6-7-14(16)20/h6-7,9,15H,4-5,8,10H2,1-3H3. The lowest BCUT2D eigenvalue weighted by Gasteiger charge is -2.25. The maximum Gasteiger partial charge on any atom is 0.261 e. The number of ether oxygens (including phenoxy) is 1. The minimum absolute atomic E-state index is 0.0536. The van der Waals surface area contributed by atoms with E-state index in [-0.39, 0.29) is 24.3 Å². The maximum atomic E-state index is 13.6. The molecule has 0 N–H and O–H groups in total. The summed E-state index contributed by atoms with van der Waals surface area (Å²) in [5, 5.41) is 4.42. The van der Waals surface area contributed by atoms with Gasteiger partial charge in [0.1, 0.15) is 5.82 Å². The first-order valence-electron chi connectivity index (χ1n) is 8.26. The number of aryl methyl sites for hydroxylation is 2. The monoisotopic (exact) mass is 349 g/mol.